The van der Waals surface area contributed by atoms with E-state index in [4.69, 9.17) is 23.2 Å². The quantitative estimate of drug-likeness (QED) is 0.713. The minimum atomic E-state index is 0.477. The molecule has 118 valence electrons. The number of H-pyrrole nitrogens is 1. The minimum absolute atomic E-state index is 0.477. The van der Waals surface area contributed by atoms with Crippen LogP contribution in [0.5, 0.6) is 0 Å². The number of rotatable bonds is 3. The topological polar surface area (TPSA) is 31.9 Å². The van der Waals surface area contributed by atoms with Crippen LogP contribution < -0.4 is 0 Å². The van der Waals surface area contributed by atoms with Crippen molar-refractivity contribution in [1.82, 2.24) is 14.9 Å². The summed E-state index contributed by atoms with van der Waals surface area (Å²) in [6.45, 7) is 3.47. The van der Waals surface area contributed by atoms with Crippen LogP contribution in [0.3, 0.4) is 0 Å². The van der Waals surface area contributed by atoms with E-state index in [-0.39, 0.29) is 0 Å². The Bertz CT molecular complexity index is 833. The van der Waals surface area contributed by atoms with Crippen LogP contribution in [0.1, 0.15) is 18.4 Å². The van der Waals surface area contributed by atoms with Crippen LogP contribution in [0.4, 0.5) is 0 Å². The number of nitrogens with one attached hydrogen (secondary N) is 1. The molecule has 1 aliphatic heterocycles. The summed E-state index contributed by atoms with van der Waals surface area (Å²) in [5, 5.41) is 1.88. The normalized spacial score (nSPS) is 15.6. The number of hydrogen-bond donors (Lipinski definition) is 1. The number of nitrogens with zero attached hydrogens (tertiary/aromatic N) is 2. The monoisotopic (exact) mass is 345 g/mol. The summed E-state index contributed by atoms with van der Waals surface area (Å²) >= 11 is 12.3. The number of hydrogen-bond acceptors (Lipinski definition) is 2. The van der Waals surface area contributed by atoms with Gasteiger partial charge < -0.3 is 4.98 Å². The van der Waals surface area contributed by atoms with Crippen molar-refractivity contribution >= 4 is 34.2 Å². The third-order valence-electron chi connectivity index (χ3n) is 4.42. The summed E-state index contributed by atoms with van der Waals surface area (Å²) in [5.41, 5.74) is 4.24. The predicted octanol–water partition coefficient (Wildman–Crippen LogP) is 5.13. The van der Waals surface area contributed by atoms with E-state index in [9.17, 15) is 0 Å². The fraction of sp³-hybridized carbons (Fsp3) is 0.278. The molecule has 0 saturated carbocycles. The number of pyridine rings is 1. The summed E-state index contributed by atoms with van der Waals surface area (Å²) in [6.07, 6.45) is 4.22. The SMILES string of the molecule is Clc1cnc2[nH]c(-c3ccc(CN4CCCC4)cc3)cc2c1Cl. The summed E-state index contributed by atoms with van der Waals surface area (Å²) < 4.78 is 0. The van der Waals surface area contributed by atoms with E-state index >= 15 is 0 Å². The Labute approximate surface area is 145 Å². The van der Waals surface area contributed by atoms with Crippen LogP contribution >= 0.6 is 23.2 Å². The van der Waals surface area contributed by atoms with Gasteiger partial charge in [-0.3, -0.25) is 4.90 Å². The van der Waals surface area contributed by atoms with E-state index in [0.29, 0.717) is 10.0 Å². The van der Waals surface area contributed by atoms with E-state index in [2.05, 4.69) is 39.1 Å². The molecule has 1 N–H and O–H groups in total. The fourth-order valence-corrected chi connectivity index (χ4v) is 3.51. The van der Waals surface area contributed by atoms with Gasteiger partial charge in [-0.05, 0) is 43.1 Å². The number of aromatic amines is 1. The number of halogens is 2. The zero-order valence-corrected chi connectivity index (χ0v) is 14.2. The molecule has 2 aromatic heterocycles. The average molecular weight is 346 g/mol. The van der Waals surface area contributed by atoms with Gasteiger partial charge in [0.1, 0.15) is 5.65 Å². The molecule has 0 radical (unpaired) electrons. The summed E-state index contributed by atoms with van der Waals surface area (Å²) in [4.78, 5) is 10.1. The molecule has 4 rings (SSSR count). The summed E-state index contributed by atoms with van der Waals surface area (Å²) in [7, 11) is 0. The first-order valence-electron chi connectivity index (χ1n) is 7.85. The largest absolute Gasteiger partial charge is 0.339 e. The van der Waals surface area contributed by atoms with Crippen molar-refractivity contribution in [2.75, 3.05) is 13.1 Å². The highest BCUT2D eigenvalue weighted by molar-refractivity contribution is 6.45. The second kappa shape index (κ2) is 6.16. The van der Waals surface area contributed by atoms with Crippen LogP contribution in [0, 0.1) is 0 Å². The molecule has 1 fully saturated rings. The summed E-state index contributed by atoms with van der Waals surface area (Å²) in [5.74, 6) is 0. The number of benzene rings is 1. The lowest BCUT2D eigenvalue weighted by Crippen LogP contribution is -2.18. The zero-order valence-electron chi connectivity index (χ0n) is 12.6. The van der Waals surface area contributed by atoms with E-state index in [1.54, 1.807) is 6.20 Å². The van der Waals surface area contributed by atoms with Gasteiger partial charge in [0.2, 0.25) is 0 Å². The van der Waals surface area contributed by atoms with Crippen LogP contribution in [0.15, 0.2) is 36.5 Å². The van der Waals surface area contributed by atoms with E-state index in [1.807, 2.05) is 6.07 Å². The molecule has 1 aromatic carbocycles. The number of aromatic nitrogens is 2. The van der Waals surface area contributed by atoms with Gasteiger partial charge in [0.05, 0.1) is 10.0 Å². The van der Waals surface area contributed by atoms with Gasteiger partial charge in [0, 0.05) is 23.8 Å². The number of likely N-dealkylation sites (tertiary alicyclic amines) is 1. The van der Waals surface area contributed by atoms with E-state index < -0.39 is 0 Å². The van der Waals surface area contributed by atoms with Crippen molar-refractivity contribution in [3.63, 3.8) is 0 Å². The van der Waals surface area contributed by atoms with E-state index in [1.165, 1.54) is 31.5 Å². The Morgan fingerprint density at radius 3 is 2.57 bits per heavy atom. The highest BCUT2D eigenvalue weighted by Gasteiger charge is 2.13. The molecule has 0 bridgehead atoms. The maximum Gasteiger partial charge on any atom is 0.139 e. The van der Waals surface area contributed by atoms with Crippen LogP contribution in [-0.2, 0) is 6.54 Å². The highest BCUT2D eigenvalue weighted by atomic mass is 35.5. The predicted molar refractivity (Wildman–Crippen MR) is 96.1 cm³/mol. The lowest BCUT2D eigenvalue weighted by atomic mass is 10.1. The molecule has 0 atom stereocenters. The lowest BCUT2D eigenvalue weighted by molar-refractivity contribution is 0.331. The van der Waals surface area contributed by atoms with Crippen molar-refractivity contribution in [2.45, 2.75) is 19.4 Å². The molecular formula is C18H17Cl2N3. The van der Waals surface area contributed by atoms with Crippen LogP contribution in [0.25, 0.3) is 22.3 Å². The molecule has 0 aliphatic carbocycles. The average Bonchev–Trinajstić information content (AvgIpc) is 3.21. The van der Waals surface area contributed by atoms with Gasteiger partial charge in [-0.2, -0.15) is 0 Å². The molecule has 3 aromatic rings. The Kier molecular flexibility index (Phi) is 4.02. The second-order valence-electron chi connectivity index (χ2n) is 6.05. The van der Waals surface area contributed by atoms with Gasteiger partial charge in [0.25, 0.3) is 0 Å². The van der Waals surface area contributed by atoms with Gasteiger partial charge in [-0.1, -0.05) is 47.5 Å². The van der Waals surface area contributed by atoms with Crippen molar-refractivity contribution < 1.29 is 0 Å². The van der Waals surface area contributed by atoms with Crippen molar-refractivity contribution in [2.24, 2.45) is 0 Å². The van der Waals surface area contributed by atoms with Gasteiger partial charge in [0.15, 0.2) is 0 Å². The maximum absolute atomic E-state index is 6.25. The Balaban J connectivity index is 1.61. The standard InChI is InChI=1S/C18H17Cl2N3/c19-15-10-21-18-14(17(15)20)9-16(22-18)13-5-3-12(4-6-13)11-23-7-1-2-8-23/h3-6,9-10H,1-2,7-8,11H2,(H,21,22). The smallest absolute Gasteiger partial charge is 0.139 e. The molecule has 0 amide bonds. The van der Waals surface area contributed by atoms with Crippen molar-refractivity contribution in [3.8, 4) is 11.3 Å². The number of fused-ring (bicyclic) bond motifs is 1. The highest BCUT2D eigenvalue weighted by Crippen LogP contribution is 2.32. The Hall–Kier alpha value is -1.55. The molecule has 1 aliphatic rings. The Morgan fingerprint density at radius 1 is 1.09 bits per heavy atom. The first-order chi connectivity index (χ1) is 11.2. The third kappa shape index (κ3) is 2.97. The van der Waals surface area contributed by atoms with Crippen LogP contribution in [0.2, 0.25) is 10.0 Å². The van der Waals surface area contributed by atoms with E-state index in [0.717, 1.165) is 28.8 Å². The molecule has 5 heteroatoms. The van der Waals surface area contributed by atoms with Crippen molar-refractivity contribution in [1.29, 1.82) is 0 Å². The third-order valence-corrected chi connectivity index (χ3v) is 5.21. The molecule has 1 saturated heterocycles. The maximum atomic E-state index is 6.25. The first-order valence-corrected chi connectivity index (χ1v) is 8.61. The molecular weight excluding hydrogens is 329 g/mol. The van der Waals surface area contributed by atoms with Gasteiger partial charge in [-0.15, -0.1) is 0 Å². The lowest BCUT2D eigenvalue weighted by Gasteiger charge is -2.14. The molecule has 3 heterocycles. The molecule has 23 heavy (non-hydrogen) atoms. The van der Waals surface area contributed by atoms with Gasteiger partial charge >= 0.3 is 0 Å². The molecule has 0 unspecified atom stereocenters. The zero-order chi connectivity index (χ0) is 15.8. The summed E-state index contributed by atoms with van der Waals surface area (Å²) in [6, 6.07) is 10.7. The fourth-order valence-electron chi connectivity index (χ4n) is 3.16. The van der Waals surface area contributed by atoms with Crippen molar-refractivity contribution in [3.05, 3.63) is 52.1 Å². The first kappa shape index (κ1) is 15.0. The second-order valence-corrected chi connectivity index (χ2v) is 6.83. The Morgan fingerprint density at radius 2 is 1.83 bits per heavy atom. The molecule has 3 nitrogen and oxygen atoms in total. The molecule has 0 spiro atoms. The minimum Gasteiger partial charge on any atom is -0.339 e. The van der Waals surface area contributed by atoms with Gasteiger partial charge in [-0.25, -0.2) is 4.98 Å². The van der Waals surface area contributed by atoms with Crippen LogP contribution in [-0.4, -0.2) is 28.0 Å².